The number of nitrogens with two attached hydrogens (primary N) is 1. The summed E-state index contributed by atoms with van der Waals surface area (Å²) < 4.78 is 39.7. The molecule has 0 fully saturated rings. The molecule has 1 aromatic carbocycles. The van der Waals surface area contributed by atoms with Gasteiger partial charge in [0.2, 0.25) is 15.9 Å². The molecule has 1 aromatic rings. The van der Waals surface area contributed by atoms with Gasteiger partial charge in [0.05, 0.1) is 4.90 Å². The molecule has 0 aromatic heterocycles. The second-order valence-electron chi connectivity index (χ2n) is 4.34. The van der Waals surface area contributed by atoms with Crippen LogP contribution in [0.4, 0.5) is 4.39 Å². The van der Waals surface area contributed by atoms with Crippen molar-refractivity contribution < 1.29 is 17.6 Å². The smallest absolute Gasteiger partial charge is 0.241 e. The van der Waals surface area contributed by atoms with Crippen molar-refractivity contribution in [1.82, 2.24) is 4.72 Å². The van der Waals surface area contributed by atoms with Gasteiger partial charge in [0.15, 0.2) is 0 Å². The highest BCUT2D eigenvalue weighted by Crippen LogP contribution is 2.21. The zero-order valence-corrected chi connectivity index (χ0v) is 11.7. The number of halogens is 1. The fourth-order valence-corrected chi connectivity index (χ4v) is 3.39. The quantitative estimate of drug-likeness (QED) is 0.765. The van der Waals surface area contributed by atoms with Crippen LogP contribution in [0.2, 0.25) is 0 Å². The maximum atomic E-state index is 13.1. The number of hydrogen-bond acceptors (Lipinski definition) is 3. The Bertz CT molecular complexity index is 562. The first kappa shape index (κ1) is 15.6. The van der Waals surface area contributed by atoms with Gasteiger partial charge in [0.25, 0.3) is 0 Å². The number of carbonyl (C=O) groups excluding carboxylic acids is 1. The van der Waals surface area contributed by atoms with Crippen LogP contribution in [0.3, 0.4) is 0 Å². The first-order chi connectivity index (χ1) is 8.74. The molecule has 1 amide bonds. The molecule has 0 heterocycles. The van der Waals surface area contributed by atoms with Gasteiger partial charge < -0.3 is 5.73 Å². The molecule has 19 heavy (non-hydrogen) atoms. The van der Waals surface area contributed by atoms with Crippen molar-refractivity contribution in [3.05, 3.63) is 29.1 Å². The third-order valence-corrected chi connectivity index (χ3v) is 4.35. The molecular weight excluding hydrogens is 271 g/mol. The Hall–Kier alpha value is -1.47. The molecule has 7 heteroatoms. The molecule has 1 rings (SSSR count). The van der Waals surface area contributed by atoms with Crippen LogP contribution >= 0.6 is 0 Å². The van der Waals surface area contributed by atoms with E-state index in [2.05, 4.69) is 4.72 Å². The van der Waals surface area contributed by atoms with Gasteiger partial charge in [-0.2, -0.15) is 0 Å². The van der Waals surface area contributed by atoms with Crippen LogP contribution in [0.5, 0.6) is 0 Å². The Morgan fingerprint density at radius 1 is 1.32 bits per heavy atom. The van der Waals surface area contributed by atoms with Gasteiger partial charge in [-0.15, -0.1) is 0 Å². The molecule has 0 spiro atoms. The Morgan fingerprint density at radius 2 is 1.84 bits per heavy atom. The molecule has 0 saturated heterocycles. The summed E-state index contributed by atoms with van der Waals surface area (Å²) in [5.74, 6) is -0.948. The third kappa shape index (κ3) is 4.29. The fourth-order valence-electron chi connectivity index (χ4n) is 1.86. The minimum absolute atomic E-state index is 0.0768. The highest BCUT2D eigenvalue weighted by molar-refractivity contribution is 7.89. The molecule has 0 aliphatic heterocycles. The topological polar surface area (TPSA) is 89.3 Å². The minimum Gasteiger partial charge on any atom is -0.370 e. The predicted molar refractivity (Wildman–Crippen MR) is 69.5 cm³/mol. The monoisotopic (exact) mass is 288 g/mol. The van der Waals surface area contributed by atoms with E-state index in [-0.39, 0.29) is 17.9 Å². The summed E-state index contributed by atoms with van der Waals surface area (Å²) in [5.41, 5.74) is 5.65. The van der Waals surface area contributed by atoms with Gasteiger partial charge in [-0.3, -0.25) is 4.79 Å². The van der Waals surface area contributed by atoms with Crippen LogP contribution in [0.1, 0.15) is 24.0 Å². The van der Waals surface area contributed by atoms with E-state index in [0.29, 0.717) is 17.5 Å². The summed E-state index contributed by atoms with van der Waals surface area (Å²) in [6, 6.07) is 2.34. The molecule has 0 aliphatic carbocycles. The molecule has 106 valence electrons. The number of hydrogen-bond donors (Lipinski definition) is 2. The average molecular weight is 288 g/mol. The number of carbonyl (C=O) groups is 1. The Morgan fingerprint density at radius 3 is 2.32 bits per heavy atom. The summed E-state index contributed by atoms with van der Waals surface area (Å²) >= 11 is 0. The van der Waals surface area contributed by atoms with Crippen LogP contribution < -0.4 is 10.5 Å². The molecule has 0 radical (unpaired) electrons. The van der Waals surface area contributed by atoms with Crippen molar-refractivity contribution in [2.45, 2.75) is 31.6 Å². The van der Waals surface area contributed by atoms with E-state index in [0.717, 1.165) is 0 Å². The number of aryl methyl sites for hydroxylation is 2. The highest BCUT2D eigenvalue weighted by atomic mass is 32.2. The van der Waals surface area contributed by atoms with Gasteiger partial charge in [0, 0.05) is 13.0 Å². The van der Waals surface area contributed by atoms with Gasteiger partial charge in [-0.1, -0.05) is 0 Å². The largest absolute Gasteiger partial charge is 0.370 e. The lowest BCUT2D eigenvalue weighted by Gasteiger charge is -2.12. The van der Waals surface area contributed by atoms with E-state index in [1.54, 1.807) is 0 Å². The summed E-state index contributed by atoms with van der Waals surface area (Å²) in [5, 5.41) is 0. The number of amides is 1. The molecule has 3 N–H and O–H groups in total. The normalized spacial score (nSPS) is 11.5. The van der Waals surface area contributed by atoms with Crippen molar-refractivity contribution in [2.24, 2.45) is 5.73 Å². The molecule has 0 atom stereocenters. The Kier molecular flexibility index (Phi) is 5.02. The van der Waals surface area contributed by atoms with Crippen LogP contribution in [0.25, 0.3) is 0 Å². The van der Waals surface area contributed by atoms with Crippen molar-refractivity contribution in [3.8, 4) is 0 Å². The Labute approximate surface area is 112 Å². The average Bonchev–Trinajstić information content (AvgIpc) is 2.22. The number of rotatable bonds is 6. The highest BCUT2D eigenvalue weighted by Gasteiger charge is 2.19. The second-order valence-corrected chi connectivity index (χ2v) is 6.04. The minimum atomic E-state index is -3.71. The molecule has 0 unspecified atom stereocenters. The van der Waals surface area contributed by atoms with E-state index in [4.69, 9.17) is 5.73 Å². The number of benzene rings is 1. The lowest BCUT2D eigenvalue weighted by atomic mass is 10.1. The lowest BCUT2D eigenvalue weighted by molar-refractivity contribution is -0.118. The number of primary amides is 1. The maximum Gasteiger partial charge on any atom is 0.241 e. The van der Waals surface area contributed by atoms with E-state index >= 15 is 0 Å². The van der Waals surface area contributed by atoms with Gasteiger partial charge in [0.1, 0.15) is 5.82 Å². The van der Waals surface area contributed by atoms with Crippen LogP contribution in [-0.2, 0) is 14.8 Å². The number of sulfonamides is 1. The van der Waals surface area contributed by atoms with Crippen molar-refractivity contribution >= 4 is 15.9 Å². The Balaban J connectivity index is 2.86. The summed E-state index contributed by atoms with van der Waals surface area (Å²) in [6.07, 6.45) is 0.442. The van der Waals surface area contributed by atoms with E-state index in [1.165, 1.54) is 26.0 Å². The fraction of sp³-hybridized carbons (Fsp3) is 0.417. The van der Waals surface area contributed by atoms with E-state index in [1.807, 2.05) is 0 Å². The SMILES string of the molecule is Cc1cc(F)cc(C)c1S(=O)(=O)NCCCC(N)=O. The molecule has 0 bridgehead atoms. The lowest BCUT2D eigenvalue weighted by Crippen LogP contribution is -2.27. The van der Waals surface area contributed by atoms with Crippen molar-refractivity contribution in [1.29, 1.82) is 0 Å². The maximum absolute atomic E-state index is 13.1. The van der Waals surface area contributed by atoms with E-state index in [9.17, 15) is 17.6 Å². The van der Waals surface area contributed by atoms with Gasteiger partial charge in [-0.05, 0) is 43.5 Å². The van der Waals surface area contributed by atoms with Crippen LogP contribution in [0.15, 0.2) is 17.0 Å². The number of nitrogens with one attached hydrogen (secondary N) is 1. The molecule has 0 aliphatic rings. The third-order valence-electron chi connectivity index (χ3n) is 2.59. The van der Waals surface area contributed by atoms with Crippen LogP contribution in [0, 0.1) is 19.7 Å². The summed E-state index contributed by atoms with van der Waals surface area (Å²) in [4.78, 5) is 10.6. The molecule has 0 saturated carbocycles. The summed E-state index contributed by atoms with van der Waals surface area (Å²) in [6.45, 7) is 3.18. The zero-order valence-electron chi connectivity index (χ0n) is 10.9. The summed E-state index contributed by atoms with van der Waals surface area (Å²) in [7, 11) is -3.71. The van der Waals surface area contributed by atoms with Crippen molar-refractivity contribution in [2.75, 3.05) is 6.54 Å². The second kappa shape index (κ2) is 6.12. The first-order valence-electron chi connectivity index (χ1n) is 5.79. The van der Waals surface area contributed by atoms with Gasteiger partial charge >= 0.3 is 0 Å². The molecule has 5 nitrogen and oxygen atoms in total. The van der Waals surface area contributed by atoms with E-state index < -0.39 is 21.7 Å². The first-order valence-corrected chi connectivity index (χ1v) is 7.27. The zero-order chi connectivity index (χ0) is 14.6. The predicted octanol–water partition coefficient (Wildman–Crippen LogP) is 0.986. The van der Waals surface area contributed by atoms with Gasteiger partial charge in [-0.25, -0.2) is 17.5 Å². The van der Waals surface area contributed by atoms with Crippen molar-refractivity contribution in [3.63, 3.8) is 0 Å². The van der Waals surface area contributed by atoms with Crippen LogP contribution in [-0.4, -0.2) is 20.9 Å². The molecular formula is C12H17FN2O3S. The standard InChI is InChI=1S/C12H17FN2O3S/c1-8-6-10(13)7-9(2)12(8)19(17,18)15-5-3-4-11(14)16/h6-7,15H,3-5H2,1-2H3,(H2,14,16).